The van der Waals surface area contributed by atoms with E-state index in [0.717, 1.165) is 11.3 Å². The van der Waals surface area contributed by atoms with Gasteiger partial charge < -0.3 is 4.90 Å². The van der Waals surface area contributed by atoms with Crippen LogP contribution in [0.3, 0.4) is 0 Å². The quantitative estimate of drug-likeness (QED) is 0.727. The van der Waals surface area contributed by atoms with Crippen molar-refractivity contribution in [2.75, 3.05) is 11.9 Å². The zero-order valence-electron chi connectivity index (χ0n) is 10.4. The molecule has 0 aliphatic heterocycles. The first kappa shape index (κ1) is 13.2. The van der Waals surface area contributed by atoms with Crippen LogP contribution in [-0.4, -0.2) is 13.0 Å². The molecule has 0 aliphatic carbocycles. The summed E-state index contributed by atoms with van der Waals surface area (Å²) in [6, 6.07) is 16.5. The summed E-state index contributed by atoms with van der Waals surface area (Å²) in [4.78, 5) is 13.4. The Morgan fingerprint density at radius 2 is 1.84 bits per heavy atom. The lowest BCUT2D eigenvalue weighted by molar-refractivity contribution is -0.113. The highest BCUT2D eigenvalue weighted by atomic mass is 35.5. The Kier molecular flexibility index (Phi) is 4.22. The average molecular weight is 270 g/mol. The third-order valence-corrected chi connectivity index (χ3v) is 2.82. The Hall–Kier alpha value is -2.24. The van der Waals surface area contributed by atoms with E-state index in [4.69, 9.17) is 11.6 Å². The van der Waals surface area contributed by atoms with Crippen molar-refractivity contribution in [1.82, 2.24) is 0 Å². The lowest BCUT2D eigenvalue weighted by Gasteiger charge is -2.13. The van der Waals surface area contributed by atoms with E-state index in [9.17, 15) is 4.79 Å². The minimum atomic E-state index is -0.272. The Morgan fingerprint density at radius 3 is 2.53 bits per heavy atom. The summed E-state index contributed by atoms with van der Waals surface area (Å²) in [5, 5.41) is 0.591. The van der Waals surface area contributed by atoms with Gasteiger partial charge in [0.2, 0.25) is 0 Å². The van der Waals surface area contributed by atoms with E-state index in [2.05, 4.69) is 11.8 Å². The molecule has 2 rings (SSSR count). The fourth-order valence-electron chi connectivity index (χ4n) is 1.53. The molecule has 0 atom stereocenters. The summed E-state index contributed by atoms with van der Waals surface area (Å²) in [6.07, 6.45) is 0. The van der Waals surface area contributed by atoms with Gasteiger partial charge in [-0.05, 0) is 30.3 Å². The van der Waals surface area contributed by atoms with Crippen LogP contribution in [0.1, 0.15) is 5.56 Å². The minimum Gasteiger partial charge on any atom is -0.305 e. The fourth-order valence-corrected chi connectivity index (χ4v) is 1.72. The second kappa shape index (κ2) is 6.08. The molecule has 19 heavy (non-hydrogen) atoms. The van der Waals surface area contributed by atoms with Gasteiger partial charge in [0.05, 0.1) is 0 Å². The van der Waals surface area contributed by atoms with Gasteiger partial charge in [-0.15, -0.1) is 0 Å². The highest BCUT2D eigenvalue weighted by Gasteiger charge is 2.07. The van der Waals surface area contributed by atoms with E-state index in [0.29, 0.717) is 5.02 Å². The molecule has 3 heteroatoms. The van der Waals surface area contributed by atoms with Crippen LogP contribution in [-0.2, 0) is 4.79 Å². The zero-order chi connectivity index (χ0) is 13.7. The molecular weight excluding hydrogens is 258 g/mol. The first-order chi connectivity index (χ1) is 9.16. The number of nitrogens with zero attached hydrogens (tertiary/aromatic N) is 1. The third kappa shape index (κ3) is 3.61. The first-order valence-corrected chi connectivity index (χ1v) is 6.15. The average Bonchev–Trinajstić information content (AvgIpc) is 2.45. The van der Waals surface area contributed by atoms with Gasteiger partial charge in [0.1, 0.15) is 0 Å². The van der Waals surface area contributed by atoms with Crippen molar-refractivity contribution in [1.29, 1.82) is 0 Å². The van der Waals surface area contributed by atoms with Crippen LogP contribution < -0.4 is 4.90 Å². The molecule has 2 aromatic carbocycles. The molecule has 94 valence electrons. The van der Waals surface area contributed by atoms with E-state index in [1.54, 1.807) is 25.2 Å². The molecule has 1 amide bonds. The lowest BCUT2D eigenvalue weighted by Crippen LogP contribution is -2.24. The van der Waals surface area contributed by atoms with Crippen LogP contribution in [0.2, 0.25) is 5.02 Å². The van der Waals surface area contributed by atoms with E-state index in [1.807, 2.05) is 36.4 Å². The molecule has 0 unspecified atom stereocenters. The number of benzene rings is 2. The second-order valence-electron chi connectivity index (χ2n) is 3.96. The van der Waals surface area contributed by atoms with Crippen molar-refractivity contribution in [3.8, 4) is 11.8 Å². The number of carbonyl (C=O) groups excluding carboxylic acids is 1. The number of carbonyl (C=O) groups is 1. The zero-order valence-corrected chi connectivity index (χ0v) is 11.2. The Balaban J connectivity index is 2.15. The van der Waals surface area contributed by atoms with Crippen molar-refractivity contribution in [2.24, 2.45) is 0 Å². The van der Waals surface area contributed by atoms with Crippen LogP contribution in [0, 0.1) is 11.8 Å². The van der Waals surface area contributed by atoms with Crippen LogP contribution in [0.15, 0.2) is 54.6 Å². The van der Waals surface area contributed by atoms with Gasteiger partial charge in [-0.3, -0.25) is 4.79 Å². The van der Waals surface area contributed by atoms with Gasteiger partial charge in [-0.2, -0.15) is 0 Å². The number of rotatable bonds is 1. The molecule has 0 aromatic heterocycles. The van der Waals surface area contributed by atoms with E-state index >= 15 is 0 Å². The second-order valence-corrected chi connectivity index (χ2v) is 4.40. The Bertz CT molecular complexity index is 641. The van der Waals surface area contributed by atoms with Crippen molar-refractivity contribution in [3.05, 3.63) is 65.2 Å². The number of hydrogen-bond acceptors (Lipinski definition) is 1. The minimum absolute atomic E-state index is 0.272. The SMILES string of the molecule is CN(C(=O)C#Cc1ccccc1)c1cccc(Cl)c1. The van der Waals surface area contributed by atoms with Crippen molar-refractivity contribution >= 4 is 23.2 Å². The number of hydrogen-bond donors (Lipinski definition) is 0. The standard InChI is InChI=1S/C16H12ClNO/c1-18(15-9-5-8-14(17)12-15)16(19)11-10-13-6-3-2-4-7-13/h2-9,12H,1H3. The fraction of sp³-hybridized carbons (Fsp3) is 0.0625. The molecule has 0 heterocycles. The van der Waals surface area contributed by atoms with Crippen molar-refractivity contribution in [2.45, 2.75) is 0 Å². The molecule has 0 N–H and O–H groups in total. The van der Waals surface area contributed by atoms with Gasteiger partial charge >= 0.3 is 5.91 Å². The molecule has 0 aliphatic rings. The van der Waals surface area contributed by atoms with Crippen molar-refractivity contribution in [3.63, 3.8) is 0 Å². The van der Waals surface area contributed by atoms with E-state index < -0.39 is 0 Å². The highest BCUT2D eigenvalue weighted by molar-refractivity contribution is 6.31. The maximum absolute atomic E-state index is 11.9. The largest absolute Gasteiger partial charge is 0.305 e. The van der Waals surface area contributed by atoms with E-state index in [-0.39, 0.29) is 5.91 Å². The van der Waals surface area contributed by atoms with Crippen LogP contribution in [0.5, 0.6) is 0 Å². The maximum atomic E-state index is 11.9. The number of amides is 1. The highest BCUT2D eigenvalue weighted by Crippen LogP contribution is 2.18. The molecule has 2 aromatic rings. The van der Waals surface area contributed by atoms with Gasteiger partial charge in [-0.1, -0.05) is 41.8 Å². The first-order valence-electron chi connectivity index (χ1n) is 5.77. The summed E-state index contributed by atoms with van der Waals surface area (Å²) in [5.74, 6) is 5.17. The van der Waals surface area contributed by atoms with Crippen LogP contribution in [0.25, 0.3) is 0 Å². The molecule has 0 saturated heterocycles. The predicted molar refractivity (Wildman–Crippen MR) is 78.2 cm³/mol. The summed E-state index contributed by atoms with van der Waals surface area (Å²) in [7, 11) is 1.67. The monoisotopic (exact) mass is 269 g/mol. The predicted octanol–water partition coefficient (Wildman–Crippen LogP) is 3.35. The van der Waals surface area contributed by atoms with Gasteiger partial charge in [-0.25, -0.2) is 0 Å². The molecule has 0 radical (unpaired) electrons. The molecule has 0 spiro atoms. The topological polar surface area (TPSA) is 20.3 Å². The van der Waals surface area contributed by atoms with Crippen molar-refractivity contribution < 1.29 is 4.79 Å². The molecular formula is C16H12ClNO. The smallest absolute Gasteiger partial charge is 0.302 e. The molecule has 0 bridgehead atoms. The van der Waals surface area contributed by atoms with Gasteiger partial charge in [0.15, 0.2) is 0 Å². The Morgan fingerprint density at radius 1 is 1.11 bits per heavy atom. The summed E-state index contributed by atoms with van der Waals surface area (Å²) >= 11 is 5.89. The van der Waals surface area contributed by atoms with Crippen LogP contribution in [0.4, 0.5) is 5.69 Å². The molecule has 0 saturated carbocycles. The number of anilines is 1. The number of halogens is 1. The molecule has 2 nitrogen and oxygen atoms in total. The summed E-state index contributed by atoms with van der Waals surface area (Å²) < 4.78 is 0. The Labute approximate surface area is 117 Å². The van der Waals surface area contributed by atoms with Gasteiger partial charge in [0, 0.05) is 29.2 Å². The van der Waals surface area contributed by atoms with Gasteiger partial charge in [0.25, 0.3) is 0 Å². The maximum Gasteiger partial charge on any atom is 0.302 e. The normalized spacial score (nSPS) is 9.37. The summed E-state index contributed by atoms with van der Waals surface area (Å²) in [6.45, 7) is 0. The third-order valence-electron chi connectivity index (χ3n) is 2.59. The van der Waals surface area contributed by atoms with E-state index in [1.165, 1.54) is 4.90 Å². The molecule has 0 fully saturated rings. The summed E-state index contributed by atoms with van der Waals surface area (Å²) in [5.41, 5.74) is 1.54. The lowest BCUT2D eigenvalue weighted by atomic mass is 10.2. The van der Waals surface area contributed by atoms with Crippen LogP contribution >= 0.6 is 11.6 Å².